The average molecular weight is 156 g/mol. The van der Waals surface area contributed by atoms with E-state index in [-0.39, 0.29) is 17.6 Å². The first kappa shape index (κ1) is 10.3. The lowest BCUT2D eigenvalue weighted by atomic mass is 9.91. The largest absolute Gasteiger partial charge is 0.303 e. The van der Waals surface area contributed by atoms with Gasteiger partial charge in [0.1, 0.15) is 12.1 Å². The molecule has 0 rings (SSSR count). The zero-order valence-electron chi connectivity index (χ0n) is 7.46. The summed E-state index contributed by atoms with van der Waals surface area (Å²) in [4.78, 5) is 21.5. The van der Waals surface area contributed by atoms with E-state index in [2.05, 4.69) is 0 Å². The Hall–Kier alpha value is -0.660. The number of ketones is 1. The number of hydrogen-bond acceptors (Lipinski definition) is 2. The van der Waals surface area contributed by atoms with Gasteiger partial charge >= 0.3 is 0 Å². The van der Waals surface area contributed by atoms with Gasteiger partial charge in [0.15, 0.2) is 0 Å². The van der Waals surface area contributed by atoms with Gasteiger partial charge in [-0.05, 0) is 6.42 Å². The van der Waals surface area contributed by atoms with Crippen LogP contribution in [0, 0.1) is 11.8 Å². The third-order valence-corrected chi connectivity index (χ3v) is 2.01. The standard InChI is InChI=1S/C9H16O2/c1-4-5-9(11)8(3)7(2)6-10/h6-8H,4-5H2,1-3H3. The van der Waals surface area contributed by atoms with Crippen molar-refractivity contribution in [1.82, 2.24) is 0 Å². The maximum absolute atomic E-state index is 11.2. The minimum Gasteiger partial charge on any atom is -0.303 e. The highest BCUT2D eigenvalue weighted by molar-refractivity contribution is 5.83. The molecule has 0 radical (unpaired) electrons. The zero-order chi connectivity index (χ0) is 8.85. The molecule has 0 aromatic rings. The summed E-state index contributed by atoms with van der Waals surface area (Å²) in [6, 6.07) is 0. The summed E-state index contributed by atoms with van der Waals surface area (Å²) < 4.78 is 0. The van der Waals surface area contributed by atoms with Crippen molar-refractivity contribution in [3.63, 3.8) is 0 Å². The van der Waals surface area contributed by atoms with Gasteiger partial charge < -0.3 is 4.79 Å². The monoisotopic (exact) mass is 156 g/mol. The van der Waals surface area contributed by atoms with Gasteiger partial charge in [-0.15, -0.1) is 0 Å². The van der Waals surface area contributed by atoms with E-state index in [1.54, 1.807) is 6.92 Å². The van der Waals surface area contributed by atoms with E-state index in [1.165, 1.54) is 0 Å². The van der Waals surface area contributed by atoms with E-state index in [9.17, 15) is 9.59 Å². The molecule has 2 atom stereocenters. The number of hydrogen-bond donors (Lipinski definition) is 0. The smallest absolute Gasteiger partial charge is 0.136 e. The third kappa shape index (κ3) is 3.30. The lowest BCUT2D eigenvalue weighted by molar-refractivity contribution is -0.126. The number of carbonyl (C=O) groups is 2. The maximum atomic E-state index is 11.2. The van der Waals surface area contributed by atoms with Crippen LogP contribution in [-0.4, -0.2) is 12.1 Å². The molecule has 11 heavy (non-hydrogen) atoms. The number of carbonyl (C=O) groups excluding carboxylic acids is 2. The molecule has 0 aliphatic rings. The van der Waals surface area contributed by atoms with Crippen molar-refractivity contribution in [3.8, 4) is 0 Å². The van der Waals surface area contributed by atoms with Crippen LogP contribution in [0.4, 0.5) is 0 Å². The summed E-state index contributed by atoms with van der Waals surface area (Å²) >= 11 is 0. The average Bonchev–Trinajstić information content (AvgIpc) is 2.02. The van der Waals surface area contributed by atoms with Crippen molar-refractivity contribution < 1.29 is 9.59 Å². The molecule has 0 bridgehead atoms. The lowest BCUT2D eigenvalue weighted by Gasteiger charge is -2.11. The Labute approximate surface area is 68.0 Å². The molecule has 0 aromatic carbocycles. The molecule has 0 amide bonds. The number of Topliss-reactive ketones (excluding diaryl/α,β-unsaturated/α-hetero) is 1. The zero-order valence-corrected chi connectivity index (χ0v) is 7.46. The van der Waals surface area contributed by atoms with Gasteiger partial charge in [-0.1, -0.05) is 20.8 Å². The molecule has 2 nitrogen and oxygen atoms in total. The Morgan fingerprint density at radius 3 is 2.36 bits per heavy atom. The molecule has 0 saturated heterocycles. The summed E-state index contributed by atoms with van der Waals surface area (Å²) in [5, 5.41) is 0. The number of rotatable bonds is 5. The molecule has 0 saturated carbocycles. The van der Waals surface area contributed by atoms with Gasteiger partial charge in [0, 0.05) is 18.3 Å². The first-order valence-corrected chi connectivity index (χ1v) is 4.11. The van der Waals surface area contributed by atoms with E-state index in [0.29, 0.717) is 6.42 Å². The summed E-state index contributed by atoms with van der Waals surface area (Å²) in [7, 11) is 0. The van der Waals surface area contributed by atoms with Crippen molar-refractivity contribution in [2.24, 2.45) is 11.8 Å². The minimum atomic E-state index is -0.131. The minimum absolute atomic E-state index is 0.104. The van der Waals surface area contributed by atoms with Crippen molar-refractivity contribution in [2.75, 3.05) is 0 Å². The highest BCUT2D eigenvalue weighted by atomic mass is 16.1. The van der Waals surface area contributed by atoms with Crippen LogP contribution in [0.15, 0.2) is 0 Å². The fourth-order valence-electron chi connectivity index (χ4n) is 0.885. The molecule has 0 aliphatic carbocycles. The van der Waals surface area contributed by atoms with Crippen LogP contribution >= 0.6 is 0 Å². The second-order valence-electron chi connectivity index (χ2n) is 3.00. The fourth-order valence-corrected chi connectivity index (χ4v) is 0.885. The topological polar surface area (TPSA) is 34.1 Å². The molecular formula is C9H16O2. The second-order valence-corrected chi connectivity index (χ2v) is 3.00. The Kier molecular flexibility index (Phi) is 4.75. The van der Waals surface area contributed by atoms with Crippen molar-refractivity contribution in [2.45, 2.75) is 33.6 Å². The highest BCUT2D eigenvalue weighted by Gasteiger charge is 2.17. The summed E-state index contributed by atoms with van der Waals surface area (Å²) in [5.74, 6) is -0.0337. The molecule has 0 aromatic heterocycles. The van der Waals surface area contributed by atoms with Gasteiger partial charge in [-0.2, -0.15) is 0 Å². The lowest BCUT2D eigenvalue weighted by Crippen LogP contribution is -2.19. The molecular weight excluding hydrogens is 140 g/mol. The molecule has 2 unspecified atom stereocenters. The summed E-state index contributed by atoms with van der Waals surface area (Å²) in [6.07, 6.45) is 2.31. The first-order valence-electron chi connectivity index (χ1n) is 4.11. The Morgan fingerprint density at radius 1 is 1.45 bits per heavy atom. The van der Waals surface area contributed by atoms with Gasteiger partial charge in [-0.25, -0.2) is 0 Å². The van der Waals surface area contributed by atoms with Crippen LogP contribution in [-0.2, 0) is 9.59 Å². The Bertz CT molecular complexity index is 140. The van der Waals surface area contributed by atoms with Crippen molar-refractivity contribution in [3.05, 3.63) is 0 Å². The van der Waals surface area contributed by atoms with Crippen LogP contribution in [0.1, 0.15) is 33.6 Å². The molecule has 0 spiro atoms. The molecule has 0 fully saturated rings. The molecule has 0 N–H and O–H groups in total. The SMILES string of the molecule is CCCC(=O)C(C)C(C)C=O. The van der Waals surface area contributed by atoms with E-state index in [1.807, 2.05) is 13.8 Å². The molecule has 0 heterocycles. The van der Waals surface area contributed by atoms with Gasteiger partial charge in [0.2, 0.25) is 0 Å². The van der Waals surface area contributed by atoms with Crippen LogP contribution in [0.3, 0.4) is 0 Å². The highest BCUT2D eigenvalue weighted by Crippen LogP contribution is 2.11. The maximum Gasteiger partial charge on any atom is 0.136 e. The van der Waals surface area contributed by atoms with Gasteiger partial charge in [0.05, 0.1) is 0 Å². The Morgan fingerprint density at radius 2 is 2.00 bits per heavy atom. The van der Waals surface area contributed by atoms with E-state index >= 15 is 0 Å². The van der Waals surface area contributed by atoms with Crippen LogP contribution in [0.5, 0.6) is 0 Å². The van der Waals surface area contributed by atoms with Gasteiger partial charge in [0.25, 0.3) is 0 Å². The van der Waals surface area contributed by atoms with Crippen LogP contribution in [0.25, 0.3) is 0 Å². The van der Waals surface area contributed by atoms with E-state index in [4.69, 9.17) is 0 Å². The van der Waals surface area contributed by atoms with Crippen LogP contribution in [0.2, 0.25) is 0 Å². The predicted molar refractivity (Wildman–Crippen MR) is 44.3 cm³/mol. The normalized spacial score (nSPS) is 15.5. The third-order valence-electron chi connectivity index (χ3n) is 2.01. The Balaban J connectivity index is 3.90. The van der Waals surface area contributed by atoms with E-state index in [0.717, 1.165) is 12.7 Å². The van der Waals surface area contributed by atoms with Gasteiger partial charge in [-0.3, -0.25) is 4.79 Å². The second kappa shape index (κ2) is 5.05. The molecule has 2 heteroatoms. The predicted octanol–water partition coefficient (Wildman–Crippen LogP) is 1.83. The quantitative estimate of drug-likeness (QED) is 0.569. The first-order chi connectivity index (χ1) is 5.13. The molecule has 0 aliphatic heterocycles. The fraction of sp³-hybridized carbons (Fsp3) is 0.778. The van der Waals surface area contributed by atoms with Crippen molar-refractivity contribution in [1.29, 1.82) is 0 Å². The summed E-state index contributed by atoms with van der Waals surface area (Å²) in [6.45, 7) is 5.57. The molecule has 64 valence electrons. The summed E-state index contributed by atoms with van der Waals surface area (Å²) in [5.41, 5.74) is 0. The van der Waals surface area contributed by atoms with Crippen LogP contribution < -0.4 is 0 Å². The number of aldehydes is 1. The van der Waals surface area contributed by atoms with Crippen molar-refractivity contribution >= 4 is 12.1 Å². The van der Waals surface area contributed by atoms with E-state index < -0.39 is 0 Å².